The van der Waals surface area contributed by atoms with Gasteiger partial charge in [-0.2, -0.15) is 0 Å². The van der Waals surface area contributed by atoms with Gasteiger partial charge in [0.1, 0.15) is 0 Å². The fourth-order valence-electron chi connectivity index (χ4n) is 6.37. The minimum absolute atomic E-state index is 0.0719. The largest absolute Gasteiger partial charge is 0.393 e. The molecule has 0 aliphatic heterocycles. The van der Waals surface area contributed by atoms with Gasteiger partial charge in [0.05, 0.1) is 18.3 Å². The quantitative estimate of drug-likeness (QED) is 0.474. The van der Waals surface area contributed by atoms with Gasteiger partial charge < -0.3 is 15.3 Å². The van der Waals surface area contributed by atoms with Crippen LogP contribution in [0.1, 0.15) is 79.1 Å². The maximum Gasteiger partial charge on any atom is 0.0908 e. The topological polar surface area (TPSA) is 60.7 Å². The van der Waals surface area contributed by atoms with Gasteiger partial charge in [-0.25, -0.2) is 0 Å². The molecule has 0 aromatic carbocycles. The van der Waals surface area contributed by atoms with Gasteiger partial charge in [-0.15, -0.1) is 0 Å². The van der Waals surface area contributed by atoms with E-state index in [4.69, 9.17) is 0 Å². The fraction of sp³-hybridized carbons (Fsp3) is 0.714. The van der Waals surface area contributed by atoms with Gasteiger partial charge in [0.15, 0.2) is 0 Å². The van der Waals surface area contributed by atoms with E-state index in [0.29, 0.717) is 23.2 Å². The van der Waals surface area contributed by atoms with Crippen molar-refractivity contribution in [2.45, 2.75) is 90.8 Å². The lowest BCUT2D eigenvalue weighted by atomic mass is 9.61. The Morgan fingerprint density at radius 1 is 1.16 bits per heavy atom. The lowest BCUT2D eigenvalue weighted by Gasteiger charge is -2.44. The summed E-state index contributed by atoms with van der Waals surface area (Å²) < 4.78 is 0. The Morgan fingerprint density at radius 3 is 2.61 bits per heavy atom. The van der Waals surface area contributed by atoms with Crippen LogP contribution >= 0.6 is 0 Å². The number of aliphatic hydroxyl groups is 3. The molecule has 3 nitrogen and oxygen atoms in total. The highest BCUT2D eigenvalue weighted by Crippen LogP contribution is 2.59. The summed E-state index contributed by atoms with van der Waals surface area (Å²) in [6, 6.07) is 0. The van der Waals surface area contributed by atoms with Gasteiger partial charge >= 0.3 is 0 Å². The SMILES string of the molecule is C=C1CC[C@H](O)C/C1=C\C=C1\CCCC2(C)C1CCC2C(C)/C=C/C(C)C(C)(O)CO. The zero-order chi connectivity index (χ0) is 22.8. The van der Waals surface area contributed by atoms with Crippen molar-refractivity contribution >= 4 is 0 Å². The van der Waals surface area contributed by atoms with Crippen molar-refractivity contribution in [3.05, 3.63) is 47.6 Å². The van der Waals surface area contributed by atoms with E-state index in [0.717, 1.165) is 19.3 Å². The van der Waals surface area contributed by atoms with Crippen molar-refractivity contribution in [2.24, 2.45) is 29.1 Å². The number of fused-ring (bicyclic) bond motifs is 1. The van der Waals surface area contributed by atoms with Gasteiger partial charge in [-0.1, -0.05) is 62.8 Å². The molecule has 3 aliphatic carbocycles. The second kappa shape index (κ2) is 9.77. The van der Waals surface area contributed by atoms with Crippen LogP contribution in [0, 0.1) is 29.1 Å². The van der Waals surface area contributed by atoms with Crippen LogP contribution in [0.15, 0.2) is 47.6 Å². The molecule has 0 amide bonds. The van der Waals surface area contributed by atoms with Crippen LogP contribution in [0.4, 0.5) is 0 Å². The molecule has 3 rings (SSSR count). The third kappa shape index (κ3) is 5.26. The summed E-state index contributed by atoms with van der Waals surface area (Å²) >= 11 is 0. The molecule has 7 atom stereocenters. The van der Waals surface area contributed by atoms with Crippen LogP contribution in [0.5, 0.6) is 0 Å². The molecule has 3 saturated carbocycles. The Morgan fingerprint density at radius 2 is 1.90 bits per heavy atom. The van der Waals surface area contributed by atoms with Crippen molar-refractivity contribution in [1.82, 2.24) is 0 Å². The van der Waals surface area contributed by atoms with Crippen LogP contribution in [0.25, 0.3) is 0 Å². The standard InChI is InChI=1S/C28H44O3/c1-19-9-13-24(30)17-23(19)12-11-22-7-6-16-27(4)25(14-15-26(22)27)20(2)8-10-21(3)28(5,31)18-29/h8,10-12,20-21,24-26,29-31H,1,6-7,9,13-18H2,2-5H3/b10-8+,22-11-,23-12+/t20?,21?,24-,25?,26?,27?,28?/m0/s1. The predicted octanol–water partition coefficient (Wildman–Crippen LogP) is 5.73. The van der Waals surface area contributed by atoms with Crippen LogP contribution in [-0.2, 0) is 0 Å². The zero-order valence-electron chi connectivity index (χ0n) is 20.1. The highest BCUT2D eigenvalue weighted by atomic mass is 16.3. The van der Waals surface area contributed by atoms with Gasteiger partial charge in [-0.3, -0.25) is 0 Å². The second-order valence-electron chi connectivity index (χ2n) is 11.1. The number of hydrogen-bond donors (Lipinski definition) is 3. The molecule has 3 fully saturated rings. The van der Waals surface area contributed by atoms with Crippen LogP contribution in [0.2, 0.25) is 0 Å². The Labute approximate surface area is 189 Å². The highest BCUT2D eigenvalue weighted by molar-refractivity contribution is 5.36. The lowest BCUT2D eigenvalue weighted by Crippen LogP contribution is -2.36. The summed E-state index contributed by atoms with van der Waals surface area (Å²) in [6.07, 6.45) is 17.5. The summed E-state index contributed by atoms with van der Waals surface area (Å²) in [7, 11) is 0. The Kier molecular flexibility index (Phi) is 7.71. The first-order chi connectivity index (χ1) is 14.6. The summed E-state index contributed by atoms with van der Waals surface area (Å²) in [6.45, 7) is 12.5. The number of aliphatic hydroxyl groups excluding tert-OH is 2. The summed E-state index contributed by atoms with van der Waals surface area (Å²) in [5, 5.41) is 29.8. The second-order valence-corrected chi connectivity index (χ2v) is 11.1. The smallest absolute Gasteiger partial charge is 0.0908 e. The molecule has 3 aliphatic rings. The van der Waals surface area contributed by atoms with E-state index in [9.17, 15) is 15.3 Å². The normalized spacial score (nSPS) is 38.4. The molecule has 0 heterocycles. The van der Waals surface area contributed by atoms with Crippen LogP contribution < -0.4 is 0 Å². The van der Waals surface area contributed by atoms with Crippen molar-refractivity contribution in [3.8, 4) is 0 Å². The molecule has 6 unspecified atom stereocenters. The summed E-state index contributed by atoms with van der Waals surface area (Å²) in [4.78, 5) is 0. The van der Waals surface area contributed by atoms with Crippen molar-refractivity contribution in [2.75, 3.05) is 6.61 Å². The first-order valence-electron chi connectivity index (χ1n) is 12.4. The number of hydrogen-bond acceptors (Lipinski definition) is 3. The third-order valence-corrected chi connectivity index (χ3v) is 8.86. The first-order valence-corrected chi connectivity index (χ1v) is 12.4. The highest BCUT2D eigenvalue weighted by Gasteiger charge is 2.50. The molecule has 0 aromatic rings. The zero-order valence-corrected chi connectivity index (χ0v) is 20.1. The monoisotopic (exact) mass is 428 g/mol. The molecule has 0 bridgehead atoms. The van der Waals surface area contributed by atoms with E-state index in [2.05, 4.69) is 44.7 Å². The fourth-order valence-corrected chi connectivity index (χ4v) is 6.37. The van der Waals surface area contributed by atoms with Gasteiger partial charge in [0.25, 0.3) is 0 Å². The lowest BCUT2D eigenvalue weighted by molar-refractivity contribution is -0.0266. The molecule has 31 heavy (non-hydrogen) atoms. The molecular formula is C28H44O3. The Bertz CT molecular complexity index is 743. The average Bonchev–Trinajstić information content (AvgIpc) is 3.09. The van der Waals surface area contributed by atoms with E-state index in [1.807, 2.05) is 6.92 Å². The van der Waals surface area contributed by atoms with Crippen molar-refractivity contribution in [1.29, 1.82) is 0 Å². The van der Waals surface area contributed by atoms with Crippen molar-refractivity contribution in [3.63, 3.8) is 0 Å². The summed E-state index contributed by atoms with van der Waals surface area (Å²) in [5.74, 6) is 1.66. The van der Waals surface area contributed by atoms with E-state index in [1.165, 1.54) is 43.3 Å². The Balaban J connectivity index is 1.74. The molecule has 0 saturated heterocycles. The first kappa shape index (κ1) is 24.5. The van der Waals surface area contributed by atoms with E-state index < -0.39 is 5.60 Å². The third-order valence-electron chi connectivity index (χ3n) is 8.86. The predicted molar refractivity (Wildman–Crippen MR) is 129 cm³/mol. The van der Waals surface area contributed by atoms with E-state index in [-0.39, 0.29) is 18.6 Å². The maximum atomic E-state index is 10.3. The average molecular weight is 429 g/mol. The van der Waals surface area contributed by atoms with Gasteiger partial charge in [0.2, 0.25) is 0 Å². The molecule has 3 heteroatoms. The van der Waals surface area contributed by atoms with Crippen molar-refractivity contribution < 1.29 is 15.3 Å². The minimum Gasteiger partial charge on any atom is -0.393 e. The van der Waals surface area contributed by atoms with E-state index in [1.54, 1.807) is 12.5 Å². The minimum atomic E-state index is -1.07. The maximum absolute atomic E-state index is 10.3. The Hall–Kier alpha value is -1.16. The molecule has 174 valence electrons. The van der Waals surface area contributed by atoms with Gasteiger partial charge in [-0.05, 0) is 87.0 Å². The number of rotatable bonds is 6. The molecule has 0 radical (unpaired) electrons. The van der Waals surface area contributed by atoms with Crippen LogP contribution in [-0.4, -0.2) is 33.6 Å². The molecule has 3 N–H and O–H groups in total. The molecular weight excluding hydrogens is 384 g/mol. The van der Waals surface area contributed by atoms with Crippen LogP contribution in [0.3, 0.4) is 0 Å². The summed E-state index contributed by atoms with van der Waals surface area (Å²) in [5.41, 5.74) is 3.26. The molecule has 0 aromatic heterocycles. The van der Waals surface area contributed by atoms with E-state index >= 15 is 0 Å². The number of allylic oxidation sites excluding steroid dienone is 5. The molecule has 0 spiro atoms. The van der Waals surface area contributed by atoms with Gasteiger partial charge in [0, 0.05) is 5.92 Å².